The Bertz CT molecular complexity index is 442. The molecule has 0 radical (unpaired) electrons. The van der Waals surface area contributed by atoms with Crippen molar-refractivity contribution in [1.29, 1.82) is 0 Å². The van der Waals surface area contributed by atoms with E-state index in [2.05, 4.69) is 5.32 Å². The van der Waals surface area contributed by atoms with Gasteiger partial charge in [-0.25, -0.2) is 0 Å². The second kappa shape index (κ2) is 5.27. The van der Waals surface area contributed by atoms with E-state index in [4.69, 9.17) is 10.5 Å². The van der Waals surface area contributed by atoms with Crippen LogP contribution in [0.1, 0.15) is 23.7 Å². The van der Waals surface area contributed by atoms with Crippen LogP contribution in [0, 0.1) is 5.92 Å². The number of phenolic OH excluding ortho intramolecular Hbond substituents is 1. The molecule has 1 amide bonds. The zero-order valence-corrected chi connectivity index (χ0v) is 10.3. The molecule has 98 valence electrons. The van der Waals surface area contributed by atoms with Crippen molar-refractivity contribution in [2.45, 2.75) is 19.4 Å². The Morgan fingerprint density at radius 2 is 2.39 bits per heavy atom. The maximum atomic E-state index is 12.0. The van der Waals surface area contributed by atoms with E-state index in [1.165, 1.54) is 0 Å². The second-order valence-electron chi connectivity index (χ2n) is 4.63. The van der Waals surface area contributed by atoms with Gasteiger partial charge in [0.05, 0.1) is 17.9 Å². The number of para-hydroxylation sites is 1. The molecule has 0 spiro atoms. The fourth-order valence-electron chi connectivity index (χ4n) is 2.09. The third kappa shape index (κ3) is 2.56. The summed E-state index contributed by atoms with van der Waals surface area (Å²) in [6, 6.07) is 4.77. The average Bonchev–Trinajstić information content (AvgIpc) is 2.86. The molecule has 1 aliphatic rings. The molecule has 0 aliphatic carbocycles. The van der Waals surface area contributed by atoms with Crippen LogP contribution in [0.25, 0.3) is 0 Å². The lowest BCUT2D eigenvalue weighted by molar-refractivity contribution is 0.0919. The number of nitrogen functional groups attached to an aromatic ring is 1. The number of carbonyl (C=O) groups is 1. The molecule has 1 heterocycles. The number of nitrogens with two attached hydrogens (primary N) is 1. The number of anilines is 1. The number of hydrogen-bond donors (Lipinski definition) is 3. The Labute approximate surface area is 106 Å². The van der Waals surface area contributed by atoms with Crippen LogP contribution in [0.2, 0.25) is 0 Å². The molecular formula is C13H18N2O3. The van der Waals surface area contributed by atoms with Gasteiger partial charge in [0.2, 0.25) is 0 Å². The van der Waals surface area contributed by atoms with Gasteiger partial charge in [0.1, 0.15) is 0 Å². The topological polar surface area (TPSA) is 84.6 Å². The molecule has 2 atom stereocenters. The van der Waals surface area contributed by atoms with Crippen molar-refractivity contribution in [1.82, 2.24) is 5.32 Å². The highest BCUT2D eigenvalue weighted by atomic mass is 16.5. The number of carbonyl (C=O) groups excluding carboxylic acids is 1. The minimum Gasteiger partial charge on any atom is -0.505 e. The Morgan fingerprint density at radius 3 is 3.06 bits per heavy atom. The van der Waals surface area contributed by atoms with Crippen molar-refractivity contribution in [2.75, 3.05) is 18.9 Å². The van der Waals surface area contributed by atoms with Crippen molar-refractivity contribution >= 4 is 11.6 Å². The summed E-state index contributed by atoms with van der Waals surface area (Å²) in [5.74, 6) is -0.138. The van der Waals surface area contributed by atoms with E-state index >= 15 is 0 Å². The maximum absolute atomic E-state index is 12.0. The minimum absolute atomic E-state index is 0.0147. The Kier molecular flexibility index (Phi) is 3.72. The van der Waals surface area contributed by atoms with E-state index in [-0.39, 0.29) is 28.9 Å². The van der Waals surface area contributed by atoms with Crippen LogP contribution >= 0.6 is 0 Å². The minimum atomic E-state index is -0.306. The van der Waals surface area contributed by atoms with E-state index in [9.17, 15) is 9.90 Å². The van der Waals surface area contributed by atoms with E-state index in [1.807, 2.05) is 6.92 Å². The first kappa shape index (κ1) is 12.7. The number of ether oxygens (including phenoxy) is 1. The van der Waals surface area contributed by atoms with Gasteiger partial charge < -0.3 is 20.9 Å². The standard InChI is InChI=1S/C13H18N2O3/c1-8(9-5-6-18-7-9)15-13(17)10-3-2-4-11(14)12(10)16/h2-4,8-9,16H,5-7,14H2,1H3,(H,15,17). The van der Waals surface area contributed by atoms with E-state index in [0.29, 0.717) is 12.5 Å². The van der Waals surface area contributed by atoms with Gasteiger partial charge in [-0.2, -0.15) is 0 Å². The predicted octanol–water partition coefficient (Wildman–Crippen LogP) is 1.13. The van der Waals surface area contributed by atoms with Gasteiger partial charge in [-0.15, -0.1) is 0 Å². The SMILES string of the molecule is CC(NC(=O)c1cccc(N)c1O)C1CCOC1. The zero-order chi connectivity index (χ0) is 13.1. The fraction of sp³-hybridized carbons (Fsp3) is 0.462. The molecule has 18 heavy (non-hydrogen) atoms. The van der Waals surface area contributed by atoms with E-state index in [1.54, 1.807) is 18.2 Å². The summed E-state index contributed by atoms with van der Waals surface area (Å²) < 4.78 is 5.29. The lowest BCUT2D eigenvalue weighted by Crippen LogP contribution is -2.38. The number of amides is 1. The monoisotopic (exact) mass is 250 g/mol. The van der Waals surface area contributed by atoms with Crippen molar-refractivity contribution in [2.24, 2.45) is 5.92 Å². The van der Waals surface area contributed by atoms with Crippen LogP contribution < -0.4 is 11.1 Å². The van der Waals surface area contributed by atoms with Crippen LogP contribution in [-0.4, -0.2) is 30.3 Å². The fourth-order valence-corrected chi connectivity index (χ4v) is 2.09. The molecule has 1 saturated heterocycles. The molecule has 0 bridgehead atoms. The molecule has 1 aliphatic heterocycles. The Hall–Kier alpha value is -1.75. The quantitative estimate of drug-likeness (QED) is 0.554. The van der Waals surface area contributed by atoms with Crippen molar-refractivity contribution in [3.05, 3.63) is 23.8 Å². The number of benzene rings is 1. The lowest BCUT2D eigenvalue weighted by atomic mass is 10.0. The summed E-state index contributed by atoms with van der Waals surface area (Å²) in [7, 11) is 0. The molecule has 5 nitrogen and oxygen atoms in total. The van der Waals surface area contributed by atoms with Gasteiger partial charge in [-0.05, 0) is 25.5 Å². The summed E-state index contributed by atoms with van der Waals surface area (Å²) in [4.78, 5) is 12.0. The molecule has 1 fully saturated rings. The van der Waals surface area contributed by atoms with Gasteiger partial charge in [0.15, 0.2) is 5.75 Å². The number of nitrogens with one attached hydrogen (secondary N) is 1. The highest BCUT2D eigenvalue weighted by Crippen LogP contribution is 2.25. The van der Waals surface area contributed by atoms with Crippen molar-refractivity contribution in [3.8, 4) is 5.75 Å². The van der Waals surface area contributed by atoms with Gasteiger partial charge in [-0.1, -0.05) is 6.07 Å². The van der Waals surface area contributed by atoms with Gasteiger partial charge in [0, 0.05) is 18.6 Å². The average molecular weight is 250 g/mol. The molecule has 2 rings (SSSR count). The zero-order valence-electron chi connectivity index (χ0n) is 10.3. The van der Waals surface area contributed by atoms with Gasteiger partial charge in [-0.3, -0.25) is 4.79 Å². The smallest absolute Gasteiger partial charge is 0.255 e. The van der Waals surface area contributed by atoms with Gasteiger partial charge in [0.25, 0.3) is 5.91 Å². The Balaban J connectivity index is 2.05. The normalized spacial score (nSPS) is 20.6. The van der Waals surface area contributed by atoms with Crippen LogP contribution in [0.5, 0.6) is 5.75 Å². The summed E-state index contributed by atoms with van der Waals surface area (Å²) in [5, 5.41) is 12.6. The molecule has 0 saturated carbocycles. The highest BCUT2D eigenvalue weighted by Gasteiger charge is 2.24. The summed E-state index contributed by atoms with van der Waals surface area (Å²) in [5.41, 5.74) is 5.98. The summed E-state index contributed by atoms with van der Waals surface area (Å²) in [6.45, 7) is 3.36. The molecule has 1 aromatic carbocycles. The second-order valence-corrected chi connectivity index (χ2v) is 4.63. The number of aromatic hydroxyl groups is 1. The summed E-state index contributed by atoms with van der Waals surface area (Å²) >= 11 is 0. The number of phenols is 1. The van der Waals surface area contributed by atoms with Crippen LogP contribution in [-0.2, 0) is 4.74 Å². The third-order valence-corrected chi connectivity index (χ3v) is 3.34. The van der Waals surface area contributed by atoms with Crippen molar-refractivity contribution in [3.63, 3.8) is 0 Å². The maximum Gasteiger partial charge on any atom is 0.255 e. The van der Waals surface area contributed by atoms with Crippen LogP contribution in [0.15, 0.2) is 18.2 Å². The predicted molar refractivity (Wildman–Crippen MR) is 68.4 cm³/mol. The Morgan fingerprint density at radius 1 is 1.61 bits per heavy atom. The molecule has 5 heteroatoms. The molecule has 0 aromatic heterocycles. The number of hydrogen-bond acceptors (Lipinski definition) is 4. The van der Waals surface area contributed by atoms with Gasteiger partial charge >= 0.3 is 0 Å². The molecule has 4 N–H and O–H groups in total. The third-order valence-electron chi connectivity index (χ3n) is 3.34. The van der Waals surface area contributed by atoms with Crippen molar-refractivity contribution < 1.29 is 14.6 Å². The molecule has 2 unspecified atom stereocenters. The van der Waals surface area contributed by atoms with Crippen LogP contribution in [0.4, 0.5) is 5.69 Å². The largest absolute Gasteiger partial charge is 0.505 e. The first-order chi connectivity index (χ1) is 8.59. The molecule has 1 aromatic rings. The first-order valence-corrected chi connectivity index (χ1v) is 6.05. The lowest BCUT2D eigenvalue weighted by Gasteiger charge is -2.19. The first-order valence-electron chi connectivity index (χ1n) is 6.05. The molecular weight excluding hydrogens is 232 g/mol. The summed E-state index contributed by atoms with van der Waals surface area (Å²) in [6.07, 6.45) is 0.949. The van der Waals surface area contributed by atoms with E-state index in [0.717, 1.165) is 13.0 Å². The number of rotatable bonds is 3. The van der Waals surface area contributed by atoms with Crippen LogP contribution in [0.3, 0.4) is 0 Å². The van der Waals surface area contributed by atoms with E-state index < -0.39 is 0 Å². The highest BCUT2D eigenvalue weighted by molar-refractivity contribution is 5.98.